The van der Waals surface area contributed by atoms with E-state index in [1.165, 1.54) is 5.56 Å². The Kier molecular flexibility index (Phi) is 4.43. The lowest BCUT2D eigenvalue weighted by Gasteiger charge is -2.23. The third kappa shape index (κ3) is 3.33. The Balaban J connectivity index is 1.38. The van der Waals surface area contributed by atoms with Crippen molar-refractivity contribution in [1.82, 2.24) is 30.6 Å². The van der Waals surface area contributed by atoms with Gasteiger partial charge in [-0.1, -0.05) is 18.2 Å². The molecule has 1 aromatic carbocycles. The van der Waals surface area contributed by atoms with E-state index in [-0.39, 0.29) is 12.1 Å². The zero-order valence-electron chi connectivity index (χ0n) is 14.7. The number of aromatic nitrogens is 4. The molecule has 0 fully saturated rings. The van der Waals surface area contributed by atoms with Crippen molar-refractivity contribution in [2.45, 2.75) is 38.8 Å². The van der Waals surface area contributed by atoms with Crippen molar-refractivity contribution in [2.75, 3.05) is 0 Å². The van der Waals surface area contributed by atoms with Crippen molar-refractivity contribution in [3.63, 3.8) is 0 Å². The average Bonchev–Trinajstić information content (AvgIpc) is 3.28. The number of para-hydroxylation sites is 1. The molecule has 1 aliphatic carbocycles. The summed E-state index contributed by atoms with van der Waals surface area (Å²) in [6, 6.07) is 9.75. The molecular formula is C19H22N6O. The molecule has 4 rings (SSSR count). The molecule has 0 bridgehead atoms. The summed E-state index contributed by atoms with van der Waals surface area (Å²) >= 11 is 0. The van der Waals surface area contributed by atoms with E-state index in [9.17, 15) is 4.79 Å². The number of benzene rings is 1. The first kappa shape index (κ1) is 16.4. The molecule has 1 atom stereocenters. The summed E-state index contributed by atoms with van der Waals surface area (Å²) < 4.78 is 1.84. The van der Waals surface area contributed by atoms with Gasteiger partial charge in [0.2, 0.25) is 0 Å². The summed E-state index contributed by atoms with van der Waals surface area (Å²) in [4.78, 5) is 12.3. The Hall–Kier alpha value is -3.09. The first-order valence-corrected chi connectivity index (χ1v) is 8.88. The fourth-order valence-corrected chi connectivity index (χ4v) is 3.37. The molecule has 3 aromatic rings. The normalized spacial score (nSPS) is 16.1. The first-order valence-electron chi connectivity index (χ1n) is 8.88. The Morgan fingerprint density at radius 2 is 2.19 bits per heavy atom. The lowest BCUT2D eigenvalue weighted by atomic mass is 9.94. The Morgan fingerprint density at radius 3 is 3.04 bits per heavy atom. The van der Waals surface area contributed by atoms with Crippen LogP contribution in [0.25, 0.3) is 5.69 Å². The quantitative estimate of drug-likeness (QED) is 0.676. The molecule has 0 radical (unpaired) electrons. The molecule has 2 aromatic heterocycles. The van der Waals surface area contributed by atoms with Gasteiger partial charge in [-0.3, -0.25) is 5.10 Å². The van der Waals surface area contributed by atoms with Crippen LogP contribution in [0.3, 0.4) is 0 Å². The summed E-state index contributed by atoms with van der Waals surface area (Å²) in [5, 5.41) is 17.6. The van der Waals surface area contributed by atoms with Crippen LogP contribution < -0.4 is 10.6 Å². The maximum absolute atomic E-state index is 12.3. The fraction of sp³-hybridized carbons (Fsp3) is 0.316. The van der Waals surface area contributed by atoms with Crippen molar-refractivity contribution in [2.24, 2.45) is 0 Å². The molecule has 7 nitrogen and oxygen atoms in total. The number of aromatic amines is 1. The van der Waals surface area contributed by atoms with E-state index in [1.807, 2.05) is 54.3 Å². The van der Waals surface area contributed by atoms with Crippen LogP contribution in [0, 0.1) is 6.92 Å². The molecule has 0 aliphatic heterocycles. The van der Waals surface area contributed by atoms with E-state index in [0.29, 0.717) is 6.54 Å². The van der Waals surface area contributed by atoms with Gasteiger partial charge < -0.3 is 10.6 Å². The van der Waals surface area contributed by atoms with E-state index >= 15 is 0 Å². The summed E-state index contributed by atoms with van der Waals surface area (Å²) in [6.45, 7) is 2.39. The van der Waals surface area contributed by atoms with Gasteiger partial charge in [-0.2, -0.15) is 10.2 Å². The molecule has 1 unspecified atom stereocenters. The van der Waals surface area contributed by atoms with Crippen LogP contribution in [0.2, 0.25) is 0 Å². The van der Waals surface area contributed by atoms with Crippen LogP contribution in [0.5, 0.6) is 0 Å². The SMILES string of the molecule is Cc1nn(-c2ccccc2)cc1CNC(=O)NC1CCCc2cn[nH]c21. The van der Waals surface area contributed by atoms with Crippen LogP contribution in [0.15, 0.2) is 42.7 Å². The number of hydrogen-bond donors (Lipinski definition) is 3. The predicted molar refractivity (Wildman–Crippen MR) is 97.9 cm³/mol. The standard InChI is InChI=1S/C19H22N6O/c1-13-15(12-25(24-13)16-7-3-2-4-8-16)10-20-19(26)22-17-9-5-6-14-11-21-23-18(14)17/h2-4,7-8,11-12,17H,5-6,9-10H2,1H3,(H,21,23)(H2,20,22,26). The fourth-order valence-electron chi connectivity index (χ4n) is 3.37. The van der Waals surface area contributed by atoms with Crippen LogP contribution in [0.4, 0.5) is 4.79 Å². The molecule has 1 aliphatic rings. The van der Waals surface area contributed by atoms with E-state index in [4.69, 9.17) is 0 Å². The third-order valence-corrected chi connectivity index (χ3v) is 4.80. The Morgan fingerprint density at radius 1 is 1.35 bits per heavy atom. The Bertz CT molecular complexity index is 898. The number of urea groups is 1. The summed E-state index contributed by atoms with van der Waals surface area (Å²) in [6.07, 6.45) is 6.80. The maximum atomic E-state index is 12.3. The second kappa shape index (κ2) is 7.03. The molecule has 2 heterocycles. The molecule has 0 saturated heterocycles. The van der Waals surface area contributed by atoms with Gasteiger partial charge in [-0.15, -0.1) is 0 Å². The minimum Gasteiger partial charge on any atom is -0.334 e. The van der Waals surface area contributed by atoms with Gasteiger partial charge in [0.1, 0.15) is 0 Å². The number of nitrogens with one attached hydrogen (secondary N) is 3. The van der Waals surface area contributed by atoms with Crippen molar-refractivity contribution < 1.29 is 4.79 Å². The summed E-state index contributed by atoms with van der Waals surface area (Å²) in [7, 11) is 0. The van der Waals surface area contributed by atoms with E-state index in [1.54, 1.807) is 0 Å². The van der Waals surface area contributed by atoms with Crippen LogP contribution in [0.1, 0.15) is 41.4 Å². The van der Waals surface area contributed by atoms with Gasteiger partial charge in [0.25, 0.3) is 0 Å². The topological polar surface area (TPSA) is 87.6 Å². The lowest BCUT2D eigenvalue weighted by molar-refractivity contribution is 0.235. The highest BCUT2D eigenvalue weighted by molar-refractivity contribution is 5.74. The summed E-state index contributed by atoms with van der Waals surface area (Å²) in [5.41, 5.74) is 5.12. The lowest BCUT2D eigenvalue weighted by Crippen LogP contribution is -2.38. The first-order chi connectivity index (χ1) is 12.7. The number of carbonyl (C=O) groups is 1. The molecule has 2 amide bonds. The van der Waals surface area contributed by atoms with Gasteiger partial charge in [-0.25, -0.2) is 9.48 Å². The molecule has 0 saturated carbocycles. The van der Waals surface area contributed by atoms with Gasteiger partial charge in [0.05, 0.1) is 29.3 Å². The van der Waals surface area contributed by atoms with Gasteiger partial charge >= 0.3 is 6.03 Å². The maximum Gasteiger partial charge on any atom is 0.315 e. The van der Waals surface area contributed by atoms with E-state index < -0.39 is 0 Å². The number of aryl methyl sites for hydroxylation is 2. The smallest absolute Gasteiger partial charge is 0.315 e. The van der Waals surface area contributed by atoms with Gasteiger partial charge in [-0.05, 0) is 43.9 Å². The minimum atomic E-state index is -0.177. The van der Waals surface area contributed by atoms with E-state index in [2.05, 4.69) is 25.9 Å². The number of H-pyrrole nitrogens is 1. The Labute approximate surface area is 151 Å². The van der Waals surface area contributed by atoms with Crippen LogP contribution in [-0.4, -0.2) is 26.0 Å². The van der Waals surface area contributed by atoms with Gasteiger partial charge in [0, 0.05) is 18.3 Å². The zero-order valence-corrected chi connectivity index (χ0v) is 14.7. The zero-order chi connectivity index (χ0) is 17.9. The molecule has 3 N–H and O–H groups in total. The molecule has 134 valence electrons. The van der Waals surface area contributed by atoms with Crippen LogP contribution in [-0.2, 0) is 13.0 Å². The molecule has 7 heteroatoms. The average molecular weight is 350 g/mol. The molecule has 26 heavy (non-hydrogen) atoms. The van der Waals surface area contributed by atoms with Crippen molar-refractivity contribution in [3.8, 4) is 5.69 Å². The van der Waals surface area contributed by atoms with E-state index in [0.717, 1.165) is 41.9 Å². The van der Waals surface area contributed by atoms with Gasteiger partial charge in [0.15, 0.2) is 0 Å². The predicted octanol–water partition coefficient (Wildman–Crippen LogP) is 2.78. The molecule has 0 spiro atoms. The number of amides is 2. The van der Waals surface area contributed by atoms with Crippen molar-refractivity contribution in [3.05, 3.63) is 65.2 Å². The monoisotopic (exact) mass is 350 g/mol. The number of rotatable bonds is 4. The van der Waals surface area contributed by atoms with Crippen molar-refractivity contribution >= 4 is 6.03 Å². The number of carbonyl (C=O) groups excluding carboxylic acids is 1. The second-order valence-electron chi connectivity index (χ2n) is 6.60. The number of fused-ring (bicyclic) bond motifs is 1. The highest BCUT2D eigenvalue weighted by Crippen LogP contribution is 2.27. The molecular weight excluding hydrogens is 328 g/mol. The van der Waals surface area contributed by atoms with Crippen molar-refractivity contribution in [1.29, 1.82) is 0 Å². The number of hydrogen-bond acceptors (Lipinski definition) is 3. The number of nitrogens with zero attached hydrogens (tertiary/aromatic N) is 3. The highest BCUT2D eigenvalue weighted by Gasteiger charge is 2.23. The van der Waals surface area contributed by atoms with Crippen LogP contribution >= 0.6 is 0 Å². The second-order valence-corrected chi connectivity index (χ2v) is 6.60. The highest BCUT2D eigenvalue weighted by atomic mass is 16.2. The third-order valence-electron chi connectivity index (χ3n) is 4.80. The largest absolute Gasteiger partial charge is 0.334 e. The summed E-state index contributed by atoms with van der Waals surface area (Å²) in [5.74, 6) is 0. The minimum absolute atomic E-state index is 0.00520.